The molecule has 0 spiro atoms. The van der Waals surface area contributed by atoms with Gasteiger partial charge in [0.15, 0.2) is 0 Å². The molecule has 0 radical (unpaired) electrons. The van der Waals surface area contributed by atoms with Crippen LogP contribution in [0.3, 0.4) is 0 Å². The maximum absolute atomic E-state index is 2.67. The number of allylic oxidation sites excluding steroid dienone is 4. The van der Waals surface area contributed by atoms with Gasteiger partial charge in [-0.1, -0.05) is 0 Å². The van der Waals surface area contributed by atoms with E-state index in [2.05, 4.69) is 172 Å². The Morgan fingerprint density at radius 2 is 1.04 bits per heavy atom. The molecule has 0 heterocycles. The molecular weight excluding hydrogens is 727 g/mol. The van der Waals surface area contributed by atoms with E-state index in [4.69, 9.17) is 0 Å². The third kappa shape index (κ3) is 8.33. The predicted molar refractivity (Wildman–Crippen MR) is 208 cm³/mol. The average molecular weight is 783 g/mol. The SMILES string of the molecule is CC(C)C[C](CC(C)C)=[Zr+2]([C]1=CC=CC1)[CH]1c2cc(-c3ccccc3)c(C(C)(C)C)cc2-c2cc(C(C)(C)C)c(-c3ccccc3)cc21.[Cl-].[Cl-]. The van der Waals surface area contributed by atoms with Gasteiger partial charge in [0.1, 0.15) is 0 Å². The average Bonchev–Trinajstić information content (AvgIpc) is 3.66. The fraction of sp³-hybridized carbons (Fsp3) is 0.383. The summed E-state index contributed by atoms with van der Waals surface area (Å²) in [7, 11) is 0. The van der Waals surface area contributed by atoms with Crippen LogP contribution in [0.15, 0.2) is 106 Å². The largest absolute Gasteiger partial charge is 1.00 e. The van der Waals surface area contributed by atoms with Gasteiger partial charge in [-0.25, -0.2) is 0 Å². The van der Waals surface area contributed by atoms with Crippen molar-refractivity contribution in [2.24, 2.45) is 11.8 Å². The summed E-state index contributed by atoms with van der Waals surface area (Å²) >= 11 is -2.51. The van der Waals surface area contributed by atoms with Gasteiger partial charge in [0.2, 0.25) is 0 Å². The minimum absolute atomic E-state index is 0. The molecule has 0 aliphatic heterocycles. The van der Waals surface area contributed by atoms with Crippen molar-refractivity contribution in [2.45, 2.75) is 103 Å². The van der Waals surface area contributed by atoms with Crippen LogP contribution in [0, 0.1) is 11.8 Å². The minimum Gasteiger partial charge on any atom is -1.00 e. The first-order chi connectivity index (χ1) is 22.7. The van der Waals surface area contributed by atoms with E-state index in [0.29, 0.717) is 15.5 Å². The van der Waals surface area contributed by atoms with E-state index < -0.39 is 21.3 Å². The fourth-order valence-electron chi connectivity index (χ4n) is 8.16. The molecule has 2 aliphatic rings. The number of rotatable bonds is 8. The molecule has 262 valence electrons. The Labute approximate surface area is 323 Å². The fourth-order valence-corrected chi connectivity index (χ4v) is 18.5. The molecule has 0 aromatic heterocycles. The second-order valence-corrected chi connectivity index (χ2v) is 23.9. The van der Waals surface area contributed by atoms with Crippen molar-refractivity contribution < 1.29 is 46.1 Å². The summed E-state index contributed by atoms with van der Waals surface area (Å²) in [5, 5.41) is 0. The number of hydrogen-bond acceptors (Lipinski definition) is 0. The van der Waals surface area contributed by atoms with Gasteiger partial charge in [-0.3, -0.25) is 0 Å². The van der Waals surface area contributed by atoms with Crippen molar-refractivity contribution in [3.8, 4) is 33.4 Å². The number of fused-ring (bicyclic) bond motifs is 3. The van der Waals surface area contributed by atoms with Gasteiger partial charge in [0.25, 0.3) is 0 Å². The molecule has 0 atom stereocenters. The Hall–Kier alpha value is -2.31. The van der Waals surface area contributed by atoms with Crippen molar-refractivity contribution in [1.29, 1.82) is 0 Å². The summed E-state index contributed by atoms with van der Waals surface area (Å²) in [6.07, 6.45) is 10.9. The summed E-state index contributed by atoms with van der Waals surface area (Å²) in [5.74, 6) is 1.33. The van der Waals surface area contributed by atoms with Crippen molar-refractivity contribution in [3.63, 3.8) is 0 Å². The van der Waals surface area contributed by atoms with Gasteiger partial charge >= 0.3 is 301 Å². The Morgan fingerprint density at radius 3 is 1.38 bits per heavy atom. The van der Waals surface area contributed by atoms with Crippen LogP contribution in [0.4, 0.5) is 0 Å². The Kier molecular flexibility index (Phi) is 13.1. The molecule has 0 N–H and O–H groups in total. The van der Waals surface area contributed by atoms with Gasteiger partial charge in [0, 0.05) is 0 Å². The molecule has 4 aromatic rings. The van der Waals surface area contributed by atoms with E-state index in [-0.39, 0.29) is 35.6 Å². The molecule has 50 heavy (non-hydrogen) atoms. The zero-order valence-electron chi connectivity index (χ0n) is 31.9. The first-order valence-electron chi connectivity index (χ1n) is 18.3. The monoisotopic (exact) mass is 780 g/mol. The Bertz CT molecular complexity index is 1780. The molecule has 4 aromatic carbocycles. The first kappa shape index (κ1) is 40.5. The van der Waals surface area contributed by atoms with E-state index >= 15 is 0 Å². The zero-order chi connectivity index (χ0) is 34.4. The summed E-state index contributed by atoms with van der Waals surface area (Å²) in [4.78, 5) is 0. The molecule has 0 saturated heterocycles. The van der Waals surface area contributed by atoms with Crippen LogP contribution in [0.25, 0.3) is 33.4 Å². The van der Waals surface area contributed by atoms with E-state index in [0.717, 1.165) is 6.42 Å². The van der Waals surface area contributed by atoms with Gasteiger partial charge in [-0.2, -0.15) is 0 Å². The van der Waals surface area contributed by atoms with Crippen LogP contribution in [0.5, 0.6) is 0 Å². The second kappa shape index (κ2) is 16.2. The molecule has 0 bridgehead atoms. The Morgan fingerprint density at radius 1 is 0.620 bits per heavy atom. The summed E-state index contributed by atoms with van der Waals surface area (Å²) in [5.41, 5.74) is 14.6. The van der Waals surface area contributed by atoms with Crippen molar-refractivity contribution in [1.82, 2.24) is 0 Å². The van der Waals surface area contributed by atoms with Crippen LogP contribution in [0.1, 0.15) is 114 Å². The maximum Gasteiger partial charge on any atom is -1.00 e. The van der Waals surface area contributed by atoms with E-state index in [1.165, 1.54) is 57.3 Å². The van der Waals surface area contributed by atoms with E-state index in [1.54, 1.807) is 14.4 Å². The molecule has 0 amide bonds. The van der Waals surface area contributed by atoms with Crippen LogP contribution in [-0.2, 0) is 32.1 Å². The summed E-state index contributed by atoms with van der Waals surface area (Å²) in [6, 6.07) is 33.0. The Balaban J connectivity index is 0.00000281. The number of hydrogen-bond donors (Lipinski definition) is 0. The normalized spacial score (nSPS) is 13.7. The van der Waals surface area contributed by atoms with E-state index in [9.17, 15) is 0 Å². The van der Waals surface area contributed by atoms with Gasteiger partial charge < -0.3 is 24.8 Å². The van der Waals surface area contributed by atoms with Crippen molar-refractivity contribution in [2.75, 3.05) is 0 Å². The van der Waals surface area contributed by atoms with Gasteiger partial charge in [0.05, 0.1) is 0 Å². The number of benzene rings is 4. The predicted octanol–water partition coefficient (Wildman–Crippen LogP) is 7.42. The van der Waals surface area contributed by atoms with Crippen LogP contribution >= 0.6 is 0 Å². The zero-order valence-corrected chi connectivity index (χ0v) is 35.9. The molecule has 0 fully saturated rings. The molecule has 0 nitrogen and oxygen atoms in total. The first-order valence-corrected chi connectivity index (χ1v) is 22.2. The molecule has 2 aliphatic carbocycles. The molecule has 6 rings (SSSR count). The van der Waals surface area contributed by atoms with Crippen LogP contribution in [0.2, 0.25) is 0 Å². The standard InChI is InChI=1S/C33H33.C9H18.C5H5.2ClH.Zr/c1-32(2,3)30-20-26-24(18-28(30)22-13-9-7-10-14-22)17-25-19-29(23-15-11-8-12-16-23)31(21-27(25)26)33(4,5)6;1-8(2)6-5-7-9(3)4;1-2-4-5-3-1;;;/h7-21H,1-6H3;8-9H,6-7H2,1-4H3;1-3H,4H2;2*1H;/q;;;;;+2/p-2. The topological polar surface area (TPSA) is 0 Å². The van der Waals surface area contributed by atoms with Crippen molar-refractivity contribution >= 4 is 3.21 Å². The van der Waals surface area contributed by atoms with Gasteiger partial charge in [-0.15, -0.1) is 0 Å². The van der Waals surface area contributed by atoms with E-state index in [1.807, 2.05) is 3.21 Å². The molecule has 0 unspecified atom stereocenters. The summed E-state index contributed by atoms with van der Waals surface area (Å²) < 4.78 is 4.16. The quantitative estimate of drug-likeness (QED) is 0.175. The third-order valence-corrected chi connectivity index (χ3v) is 18.6. The molecule has 3 heteroatoms. The number of halogens is 2. The van der Waals surface area contributed by atoms with Crippen molar-refractivity contribution in [3.05, 3.63) is 129 Å². The van der Waals surface area contributed by atoms with Crippen LogP contribution in [-0.4, -0.2) is 3.21 Å². The third-order valence-electron chi connectivity index (χ3n) is 10.2. The minimum atomic E-state index is -2.51. The van der Waals surface area contributed by atoms with Gasteiger partial charge in [-0.05, 0) is 0 Å². The second-order valence-electron chi connectivity index (χ2n) is 17.2. The molecule has 0 saturated carbocycles. The summed E-state index contributed by atoms with van der Waals surface area (Å²) in [6.45, 7) is 24.1. The maximum atomic E-state index is 2.67. The molecular formula is C47H56Cl2Zr. The van der Waals surface area contributed by atoms with Crippen LogP contribution < -0.4 is 24.8 Å². The smallest absolute Gasteiger partial charge is 1.00 e.